The van der Waals surface area contributed by atoms with Crippen molar-refractivity contribution in [3.8, 4) is 0 Å². The van der Waals surface area contributed by atoms with Crippen molar-refractivity contribution in [2.24, 2.45) is 11.7 Å². The fraction of sp³-hybridized carbons (Fsp3) is 1.00. The maximum Gasteiger partial charge on any atom is 0.000403 e. The lowest BCUT2D eigenvalue weighted by Gasteiger charge is -2.19. The Morgan fingerprint density at radius 2 is 1.91 bits per heavy atom. The van der Waals surface area contributed by atoms with Crippen molar-refractivity contribution in [2.75, 3.05) is 27.2 Å². The lowest BCUT2D eigenvalue weighted by Crippen LogP contribution is -2.23. The number of rotatable bonds is 6. The molecule has 0 unspecified atom stereocenters. The molecule has 0 spiro atoms. The highest BCUT2D eigenvalue weighted by Crippen LogP contribution is 2.10. The Hall–Kier alpha value is -0.0800. The summed E-state index contributed by atoms with van der Waals surface area (Å²) in [6.45, 7) is 4.25. The van der Waals surface area contributed by atoms with Crippen LogP contribution >= 0.6 is 0 Å². The Morgan fingerprint density at radius 3 is 2.27 bits per heavy atom. The molecule has 0 aromatic rings. The van der Waals surface area contributed by atoms with Crippen LogP contribution in [0.25, 0.3) is 0 Å². The van der Waals surface area contributed by atoms with Gasteiger partial charge in [0, 0.05) is 6.54 Å². The minimum atomic E-state index is 0.806. The Balaban J connectivity index is 3.50. The first-order valence-electron chi connectivity index (χ1n) is 4.55. The molecule has 0 saturated heterocycles. The van der Waals surface area contributed by atoms with Crippen LogP contribution in [0.15, 0.2) is 0 Å². The summed E-state index contributed by atoms with van der Waals surface area (Å²) in [7, 11) is 4.25. The maximum atomic E-state index is 5.52. The van der Waals surface area contributed by atoms with Crippen molar-refractivity contribution < 1.29 is 0 Å². The molecule has 0 aromatic heterocycles. The third kappa shape index (κ3) is 6.32. The summed E-state index contributed by atoms with van der Waals surface area (Å²) in [6, 6.07) is 0. The molecular weight excluding hydrogens is 136 g/mol. The van der Waals surface area contributed by atoms with E-state index in [9.17, 15) is 0 Å². The molecule has 0 aliphatic heterocycles. The predicted molar refractivity (Wildman–Crippen MR) is 50.6 cm³/mol. The van der Waals surface area contributed by atoms with Crippen molar-refractivity contribution in [2.45, 2.75) is 26.2 Å². The van der Waals surface area contributed by atoms with Gasteiger partial charge in [-0.05, 0) is 39.4 Å². The minimum Gasteiger partial charge on any atom is -0.330 e. The van der Waals surface area contributed by atoms with Gasteiger partial charge in [0.05, 0.1) is 0 Å². The summed E-state index contributed by atoms with van der Waals surface area (Å²) in [5, 5.41) is 0. The van der Waals surface area contributed by atoms with Crippen molar-refractivity contribution in [3.63, 3.8) is 0 Å². The third-order valence-electron chi connectivity index (χ3n) is 1.90. The summed E-state index contributed by atoms with van der Waals surface area (Å²) >= 11 is 0. The molecule has 0 bridgehead atoms. The Kier molecular flexibility index (Phi) is 6.57. The van der Waals surface area contributed by atoms with E-state index in [1.54, 1.807) is 0 Å². The molecular formula is C9H22N2. The molecule has 0 radical (unpaired) electrons. The van der Waals surface area contributed by atoms with Crippen LogP contribution in [0, 0.1) is 5.92 Å². The molecule has 0 amide bonds. The second-order valence-electron chi connectivity index (χ2n) is 3.49. The molecule has 0 aliphatic carbocycles. The summed E-state index contributed by atoms with van der Waals surface area (Å²) < 4.78 is 0. The fourth-order valence-corrected chi connectivity index (χ4v) is 1.49. The van der Waals surface area contributed by atoms with Crippen LogP contribution in [0.4, 0.5) is 0 Å². The van der Waals surface area contributed by atoms with Gasteiger partial charge in [0.25, 0.3) is 0 Å². The van der Waals surface area contributed by atoms with Gasteiger partial charge in [0.1, 0.15) is 0 Å². The highest BCUT2D eigenvalue weighted by molar-refractivity contribution is 4.61. The van der Waals surface area contributed by atoms with Gasteiger partial charge in [0.15, 0.2) is 0 Å². The summed E-state index contributed by atoms with van der Waals surface area (Å²) in [4.78, 5) is 2.25. The maximum absolute atomic E-state index is 5.52. The van der Waals surface area contributed by atoms with E-state index in [4.69, 9.17) is 5.73 Å². The molecule has 2 nitrogen and oxygen atoms in total. The molecule has 11 heavy (non-hydrogen) atoms. The van der Waals surface area contributed by atoms with Gasteiger partial charge in [-0.3, -0.25) is 0 Å². The highest BCUT2D eigenvalue weighted by Gasteiger charge is 2.06. The third-order valence-corrected chi connectivity index (χ3v) is 1.90. The first-order chi connectivity index (χ1) is 5.20. The Bertz CT molecular complexity index is 75.6. The van der Waals surface area contributed by atoms with Crippen molar-refractivity contribution in [1.29, 1.82) is 0 Å². The van der Waals surface area contributed by atoms with E-state index in [0.29, 0.717) is 0 Å². The summed E-state index contributed by atoms with van der Waals surface area (Å²) in [5.41, 5.74) is 5.52. The van der Waals surface area contributed by atoms with E-state index < -0.39 is 0 Å². The van der Waals surface area contributed by atoms with E-state index in [0.717, 1.165) is 12.5 Å². The predicted octanol–water partition coefficient (Wildman–Crippen LogP) is 1.31. The van der Waals surface area contributed by atoms with Crippen molar-refractivity contribution in [1.82, 2.24) is 4.90 Å². The quantitative estimate of drug-likeness (QED) is 0.631. The van der Waals surface area contributed by atoms with Gasteiger partial charge in [-0.2, -0.15) is 0 Å². The van der Waals surface area contributed by atoms with Gasteiger partial charge in [-0.25, -0.2) is 0 Å². The van der Waals surface area contributed by atoms with Crippen LogP contribution in [0.5, 0.6) is 0 Å². The molecule has 2 heteroatoms. The van der Waals surface area contributed by atoms with E-state index in [1.165, 1.54) is 25.8 Å². The van der Waals surface area contributed by atoms with Gasteiger partial charge in [-0.15, -0.1) is 0 Å². The number of hydrogen-bond acceptors (Lipinski definition) is 2. The SMILES string of the molecule is CCC[C@H](CCN)CN(C)C. The van der Waals surface area contributed by atoms with Crippen LogP contribution in [-0.2, 0) is 0 Å². The molecule has 0 aliphatic rings. The monoisotopic (exact) mass is 158 g/mol. The van der Waals surface area contributed by atoms with E-state index in [2.05, 4.69) is 25.9 Å². The van der Waals surface area contributed by atoms with Crippen LogP contribution in [-0.4, -0.2) is 32.1 Å². The number of nitrogens with two attached hydrogens (primary N) is 1. The van der Waals surface area contributed by atoms with Gasteiger partial charge >= 0.3 is 0 Å². The molecule has 0 heterocycles. The van der Waals surface area contributed by atoms with Crippen LogP contribution in [0.1, 0.15) is 26.2 Å². The second kappa shape index (κ2) is 6.62. The lowest BCUT2D eigenvalue weighted by molar-refractivity contribution is 0.300. The molecule has 68 valence electrons. The van der Waals surface area contributed by atoms with E-state index >= 15 is 0 Å². The zero-order valence-electron chi connectivity index (χ0n) is 8.14. The fourth-order valence-electron chi connectivity index (χ4n) is 1.49. The molecule has 2 N–H and O–H groups in total. The number of hydrogen-bond donors (Lipinski definition) is 1. The van der Waals surface area contributed by atoms with Crippen LogP contribution in [0.2, 0.25) is 0 Å². The molecule has 0 saturated carbocycles. The first kappa shape index (κ1) is 10.9. The van der Waals surface area contributed by atoms with Crippen molar-refractivity contribution in [3.05, 3.63) is 0 Å². The van der Waals surface area contributed by atoms with E-state index in [-0.39, 0.29) is 0 Å². The normalized spacial score (nSPS) is 13.9. The van der Waals surface area contributed by atoms with Gasteiger partial charge in [-0.1, -0.05) is 13.3 Å². The molecule has 0 aromatic carbocycles. The van der Waals surface area contributed by atoms with Crippen molar-refractivity contribution >= 4 is 0 Å². The zero-order chi connectivity index (χ0) is 8.69. The molecule has 1 atom stereocenters. The Labute approximate surface area is 70.8 Å². The minimum absolute atomic E-state index is 0.806. The first-order valence-corrected chi connectivity index (χ1v) is 4.55. The molecule has 0 rings (SSSR count). The molecule has 0 fully saturated rings. The smallest absolute Gasteiger partial charge is 0.000403 e. The lowest BCUT2D eigenvalue weighted by atomic mass is 9.99. The van der Waals surface area contributed by atoms with E-state index in [1.807, 2.05) is 0 Å². The average molecular weight is 158 g/mol. The topological polar surface area (TPSA) is 29.3 Å². The Morgan fingerprint density at radius 1 is 1.27 bits per heavy atom. The summed E-state index contributed by atoms with van der Waals surface area (Å²) in [6.07, 6.45) is 3.76. The van der Waals surface area contributed by atoms with Crippen LogP contribution < -0.4 is 5.73 Å². The standard InChI is InChI=1S/C9H22N2/c1-4-5-9(6-7-10)8-11(2)3/h9H,4-8,10H2,1-3H3/t9-/m1/s1. The second-order valence-corrected chi connectivity index (χ2v) is 3.49. The highest BCUT2D eigenvalue weighted by atomic mass is 15.1. The zero-order valence-corrected chi connectivity index (χ0v) is 8.14. The number of nitrogens with zero attached hydrogens (tertiary/aromatic N) is 1. The van der Waals surface area contributed by atoms with Gasteiger partial charge < -0.3 is 10.6 Å². The average Bonchev–Trinajstić information content (AvgIpc) is 1.87. The van der Waals surface area contributed by atoms with Crippen LogP contribution in [0.3, 0.4) is 0 Å². The largest absolute Gasteiger partial charge is 0.330 e. The summed E-state index contributed by atoms with van der Waals surface area (Å²) in [5.74, 6) is 0.806. The van der Waals surface area contributed by atoms with Gasteiger partial charge in [0.2, 0.25) is 0 Å².